The summed E-state index contributed by atoms with van der Waals surface area (Å²) in [5, 5.41) is 9.20. The first-order valence-electron chi connectivity index (χ1n) is 5.93. The molecular formula is C16H9ClFNO2. The Morgan fingerprint density at radius 1 is 1.24 bits per heavy atom. The molecule has 0 atom stereocenters. The lowest BCUT2D eigenvalue weighted by Gasteiger charge is -2.02. The fraction of sp³-hybridized carbons (Fsp3) is 0. The number of benzene rings is 2. The van der Waals surface area contributed by atoms with E-state index in [1.165, 1.54) is 18.2 Å². The van der Waals surface area contributed by atoms with Crippen LogP contribution in [0.2, 0.25) is 5.02 Å². The van der Waals surface area contributed by atoms with Gasteiger partial charge in [-0.25, -0.2) is 9.18 Å². The second-order valence-electron chi connectivity index (χ2n) is 4.06. The molecule has 21 heavy (non-hydrogen) atoms. The monoisotopic (exact) mass is 301 g/mol. The van der Waals surface area contributed by atoms with Crippen molar-refractivity contribution in [3.8, 4) is 11.8 Å². The van der Waals surface area contributed by atoms with Crippen LogP contribution in [0.4, 0.5) is 4.39 Å². The van der Waals surface area contributed by atoms with Gasteiger partial charge in [-0.15, -0.1) is 0 Å². The number of nitrogens with zero attached hydrogens (tertiary/aromatic N) is 1. The van der Waals surface area contributed by atoms with E-state index in [-0.39, 0.29) is 11.3 Å². The van der Waals surface area contributed by atoms with Crippen molar-refractivity contribution in [1.29, 1.82) is 5.26 Å². The molecule has 2 rings (SSSR count). The third kappa shape index (κ3) is 4.16. The fourth-order valence-electron chi connectivity index (χ4n) is 1.54. The van der Waals surface area contributed by atoms with Crippen LogP contribution in [0, 0.1) is 17.1 Å². The summed E-state index contributed by atoms with van der Waals surface area (Å²) in [4.78, 5) is 11.6. The lowest BCUT2D eigenvalue weighted by molar-refractivity contribution is -0.128. The van der Waals surface area contributed by atoms with Gasteiger partial charge in [-0.3, -0.25) is 0 Å². The first kappa shape index (κ1) is 14.8. The van der Waals surface area contributed by atoms with E-state index in [4.69, 9.17) is 21.6 Å². The number of hydrogen-bond donors (Lipinski definition) is 0. The molecule has 0 radical (unpaired) electrons. The summed E-state index contributed by atoms with van der Waals surface area (Å²) in [5.41, 5.74) is 0.675. The molecule has 0 heterocycles. The summed E-state index contributed by atoms with van der Waals surface area (Å²) in [6, 6.07) is 12.2. The SMILES string of the molecule is N#Cc1ccc(OC(=O)/C=C/c2ccc(Cl)cc2)cc1F. The van der Waals surface area contributed by atoms with Gasteiger partial charge < -0.3 is 4.74 Å². The van der Waals surface area contributed by atoms with E-state index in [0.29, 0.717) is 5.02 Å². The highest BCUT2D eigenvalue weighted by atomic mass is 35.5. The molecule has 0 saturated heterocycles. The minimum Gasteiger partial charge on any atom is -0.423 e. The summed E-state index contributed by atoms with van der Waals surface area (Å²) in [5.74, 6) is -1.34. The number of halogens is 2. The summed E-state index contributed by atoms with van der Waals surface area (Å²) >= 11 is 5.75. The smallest absolute Gasteiger partial charge is 0.336 e. The zero-order valence-corrected chi connectivity index (χ0v) is 11.5. The Kier molecular flexibility index (Phi) is 4.70. The molecule has 0 aromatic heterocycles. The van der Waals surface area contributed by atoms with Crippen LogP contribution in [0.3, 0.4) is 0 Å². The van der Waals surface area contributed by atoms with Crippen LogP contribution in [0.15, 0.2) is 48.5 Å². The number of hydrogen-bond acceptors (Lipinski definition) is 3. The van der Waals surface area contributed by atoms with Gasteiger partial charge in [-0.2, -0.15) is 5.26 Å². The predicted octanol–water partition coefficient (Wildman–Crippen LogP) is 3.97. The second-order valence-corrected chi connectivity index (χ2v) is 4.50. The lowest BCUT2D eigenvalue weighted by Crippen LogP contribution is -2.04. The van der Waals surface area contributed by atoms with Crippen molar-refractivity contribution in [2.24, 2.45) is 0 Å². The van der Waals surface area contributed by atoms with Crippen LogP contribution in [-0.4, -0.2) is 5.97 Å². The summed E-state index contributed by atoms with van der Waals surface area (Å²) in [6.07, 6.45) is 2.78. The summed E-state index contributed by atoms with van der Waals surface area (Å²) in [7, 11) is 0. The van der Waals surface area contributed by atoms with Gasteiger partial charge in [0.15, 0.2) is 0 Å². The molecule has 0 amide bonds. The number of carbonyl (C=O) groups is 1. The molecule has 0 aliphatic carbocycles. The number of carbonyl (C=O) groups excluding carboxylic acids is 1. The molecule has 0 saturated carbocycles. The Labute approximate surface area is 125 Å². The number of ether oxygens (including phenoxy) is 1. The van der Waals surface area contributed by atoms with E-state index in [2.05, 4.69) is 0 Å². The maximum Gasteiger partial charge on any atom is 0.336 e. The second kappa shape index (κ2) is 6.69. The highest BCUT2D eigenvalue weighted by Crippen LogP contribution is 2.16. The third-order valence-electron chi connectivity index (χ3n) is 2.56. The van der Waals surface area contributed by atoms with Crippen molar-refractivity contribution >= 4 is 23.6 Å². The van der Waals surface area contributed by atoms with E-state index >= 15 is 0 Å². The Bertz CT molecular complexity index is 733. The average Bonchev–Trinajstić information content (AvgIpc) is 2.47. The van der Waals surface area contributed by atoms with Crippen LogP contribution < -0.4 is 4.74 Å². The normalized spacial score (nSPS) is 10.3. The molecule has 0 aliphatic heterocycles. The highest BCUT2D eigenvalue weighted by Gasteiger charge is 2.06. The van der Waals surface area contributed by atoms with Crippen molar-refractivity contribution < 1.29 is 13.9 Å². The standard InChI is InChI=1S/C16H9ClFNO2/c17-13-5-1-11(2-6-13)3-8-16(20)21-14-7-4-12(10-19)15(18)9-14/h1-9H/b8-3+. The fourth-order valence-corrected chi connectivity index (χ4v) is 1.66. The molecule has 0 fully saturated rings. The van der Waals surface area contributed by atoms with Crippen LogP contribution in [0.25, 0.3) is 6.08 Å². The molecule has 2 aromatic rings. The largest absolute Gasteiger partial charge is 0.423 e. The van der Waals surface area contributed by atoms with Crippen LogP contribution >= 0.6 is 11.6 Å². The van der Waals surface area contributed by atoms with E-state index in [9.17, 15) is 9.18 Å². The Balaban J connectivity index is 2.03. The molecule has 3 nitrogen and oxygen atoms in total. The predicted molar refractivity (Wildman–Crippen MR) is 77.2 cm³/mol. The Morgan fingerprint density at radius 2 is 1.95 bits per heavy atom. The maximum absolute atomic E-state index is 13.3. The van der Waals surface area contributed by atoms with Gasteiger partial charge in [0, 0.05) is 17.2 Å². The number of esters is 1. The van der Waals surface area contributed by atoms with E-state index in [1.807, 2.05) is 0 Å². The minimum absolute atomic E-state index is 0.0391. The van der Waals surface area contributed by atoms with Crippen molar-refractivity contribution in [3.05, 3.63) is 70.5 Å². The van der Waals surface area contributed by atoms with Gasteiger partial charge in [0.2, 0.25) is 0 Å². The minimum atomic E-state index is -0.732. The number of nitriles is 1. The van der Waals surface area contributed by atoms with Crippen molar-refractivity contribution in [2.45, 2.75) is 0 Å². The van der Waals surface area contributed by atoms with E-state index in [1.54, 1.807) is 36.4 Å². The number of rotatable bonds is 3. The quantitative estimate of drug-likeness (QED) is 0.489. The molecule has 0 aliphatic rings. The molecule has 0 unspecified atom stereocenters. The van der Waals surface area contributed by atoms with Crippen molar-refractivity contribution in [3.63, 3.8) is 0 Å². The molecule has 5 heteroatoms. The first-order valence-corrected chi connectivity index (χ1v) is 6.31. The third-order valence-corrected chi connectivity index (χ3v) is 2.81. The van der Waals surface area contributed by atoms with Gasteiger partial charge in [-0.1, -0.05) is 23.7 Å². The average molecular weight is 302 g/mol. The van der Waals surface area contributed by atoms with Gasteiger partial charge >= 0.3 is 5.97 Å². The van der Waals surface area contributed by atoms with Crippen molar-refractivity contribution in [1.82, 2.24) is 0 Å². The maximum atomic E-state index is 13.3. The van der Waals surface area contributed by atoms with Gasteiger partial charge in [-0.05, 0) is 35.9 Å². The van der Waals surface area contributed by atoms with Crippen LogP contribution in [-0.2, 0) is 4.79 Å². The summed E-state index contributed by atoms with van der Waals surface area (Å²) < 4.78 is 18.3. The Hall–Kier alpha value is -2.64. The van der Waals surface area contributed by atoms with Gasteiger partial charge in [0.05, 0.1) is 5.56 Å². The first-order chi connectivity index (χ1) is 10.1. The Morgan fingerprint density at radius 3 is 2.57 bits per heavy atom. The van der Waals surface area contributed by atoms with Gasteiger partial charge in [0.25, 0.3) is 0 Å². The van der Waals surface area contributed by atoms with Crippen LogP contribution in [0.1, 0.15) is 11.1 Å². The van der Waals surface area contributed by atoms with Crippen molar-refractivity contribution in [2.75, 3.05) is 0 Å². The molecular weight excluding hydrogens is 293 g/mol. The van der Waals surface area contributed by atoms with Gasteiger partial charge in [0.1, 0.15) is 17.6 Å². The molecule has 104 valence electrons. The lowest BCUT2D eigenvalue weighted by atomic mass is 10.2. The molecule has 0 N–H and O–H groups in total. The highest BCUT2D eigenvalue weighted by molar-refractivity contribution is 6.30. The van der Waals surface area contributed by atoms with Crippen LogP contribution in [0.5, 0.6) is 5.75 Å². The molecule has 2 aromatic carbocycles. The van der Waals surface area contributed by atoms with E-state index < -0.39 is 11.8 Å². The van der Waals surface area contributed by atoms with E-state index in [0.717, 1.165) is 11.6 Å². The molecule has 0 spiro atoms. The summed E-state index contributed by atoms with van der Waals surface area (Å²) in [6.45, 7) is 0. The zero-order valence-electron chi connectivity index (χ0n) is 10.7. The molecule has 0 bridgehead atoms. The zero-order chi connectivity index (χ0) is 15.2. The topological polar surface area (TPSA) is 50.1 Å².